The van der Waals surface area contributed by atoms with Gasteiger partial charge in [0.15, 0.2) is 0 Å². The number of nitrogens with zero attached hydrogens (tertiary/aromatic N) is 2. The summed E-state index contributed by atoms with van der Waals surface area (Å²) in [6.45, 7) is 7.96. The molecule has 160 valence electrons. The van der Waals surface area contributed by atoms with Crippen LogP contribution in [0.2, 0.25) is 0 Å². The second-order valence-electron chi connectivity index (χ2n) is 8.42. The molecule has 0 saturated heterocycles. The molecular weight excluding hydrogens is 404 g/mol. The van der Waals surface area contributed by atoms with E-state index in [1.807, 2.05) is 70.5 Å². The van der Waals surface area contributed by atoms with Gasteiger partial charge in [-0.25, -0.2) is 0 Å². The molecule has 1 aliphatic rings. The third-order valence-electron chi connectivity index (χ3n) is 5.87. The Bertz CT molecular complexity index is 1090. The van der Waals surface area contributed by atoms with Gasteiger partial charge in [-0.1, -0.05) is 50.2 Å². The molecule has 3 aromatic rings. The maximum Gasteiger partial charge on any atom is 0.268 e. The number of fused-ring (bicyclic) bond motifs is 1. The Labute approximate surface area is 188 Å². The Kier molecular flexibility index (Phi) is 5.96. The first kappa shape index (κ1) is 21.3. The van der Waals surface area contributed by atoms with Crippen LogP contribution in [0.1, 0.15) is 66.2 Å². The maximum absolute atomic E-state index is 13.5. The van der Waals surface area contributed by atoms with E-state index < -0.39 is 0 Å². The molecule has 0 N–H and O–H groups in total. The highest BCUT2D eigenvalue weighted by Gasteiger charge is 2.38. The van der Waals surface area contributed by atoms with Gasteiger partial charge >= 0.3 is 0 Å². The largest absolute Gasteiger partial charge is 0.305 e. The SMILES string of the molecule is CC(=O)N(c1ccccc1)[C@@H]1C[C@H](C)N(C(=O)c2ccc(C(C)C)s2)c2ccccc21. The van der Waals surface area contributed by atoms with Crippen molar-refractivity contribution < 1.29 is 9.59 Å². The Hall–Kier alpha value is -2.92. The van der Waals surface area contributed by atoms with Crippen molar-refractivity contribution in [1.29, 1.82) is 0 Å². The predicted octanol–water partition coefficient (Wildman–Crippen LogP) is 6.40. The Morgan fingerprint density at radius 3 is 2.32 bits per heavy atom. The van der Waals surface area contributed by atoms with Gasteiger partial charge in [0.1, 0.15) is 0 Å². The minimum atomic E-state index is -0.121. The third kappa shape index (κ3) is 4.02. The van der Waals surface area contributed by atoms with E-state index in [-0.39, 0.29) is 23.9 Å². The number of carbonyl (C=O) groups excluding carboxylic acids is 2. The molecule has 31 heavy (non-hydrogen) atoms. The molecule has 2 atom stereocenters. The number of amides is 2. The molecule has 2 aromatic carbocycles. The van der Waals surface area contributed by atoms with Crippen molar-refractivity contribution in [2.75, 3.05) is 9.80 Å². The Balaban J connectivity index is 1.75. The summed E-state index contributed by atoms with van der Waals surface area (Å²) in [5.74, 6) is 0.430. The fourth-order valence-corrected chi connectivity index (χ4v) is 5.35. The van der Waals surface area contributed by atoms with E-state index in [9.17, 15) is 9.59 Å². The molecule has 4 rings (SSSR count). The summed E-state index contributed by atoms with van der Waals surface area (Å²) in [7, 11) is 0. The van der Waals surface area contributed by atoms with Crippen molar-refractivity contribution in [2.24, 2.45) is 0 Å². The Morgan fingerprint density at radius 2 is 1.68 bits per heavy atom. The molecule has 0 saturated carbocycles. The number of hydrogen-bond acceptors (Lipinski definition) is 3. The zero-order valence-electron chi connectivity index (χ0n) is 18.4. The lowest BCUT2D eigenvalue weighted by atomic mass is 9.89. The first-order valence-corrected chi connectivity index (χ1v) is 11.6. The van der Waals surface area contributed by atoms with E-state index in [1.54, 1.807) is 18.3 Å². The predicted molar refractivity (Wildman–Crippen MR) is 128 cm³/mol. The van der Waals surface area contributed by atoms with Gasteiger partial charge < -0.3 is 9.80 Å². The number of anilines is 2. The van der Waals surface area contributed by atoms with Crippen LogP contribution in [-0.4, -0.2) is 17.9 Å². The quantitative estimate of drug-likeness (QED) is 0.478. The standard InChI is InChI=1S/C26H28N2O2S/c1-17(2)24-14-15-25(31-24)26(30)27-18(3)16-23(21-12-8-9-13-22(21)27)28(19(4)29)20-10-6-5-7-11-20/h5-15,17-18,23H,16H2,1-4H3/t18-,23+/m0/s1. The fraction of sp³-hybridized carbons (Fsp3) is 0.308. The van der Waals surface area contributed by atoms with Crippen LogP contribution in [0.4, 0.5) is 11.4 Å². The molecule has 0 spiro atoms. The number of para-hydroxylation sites is 2. The van der Waals surface area contributed by atoms with E-state index in [1.165, 1.54) is 4.88 Å². The smallest absolute Gasteiger partial charge is 0.268 e. The van der Waals surface area contributed by atoms with Crippen LogP contribution >= 0.6 is 11.3 Å². The van der Waals surface area contributed by atoms with Crippen LogP contribution in [0, 0.1) is 0 Å². The molecule has 0 radical (unpaired) electrons. The third-order valence-corrected chi connectivity index (χ3v) is 7.24. The summed E-state index contributed by atoms with van der Waals surface area (Å²) in [6.07, 6.45) is 0.680. The van der Waals surface area contributed by atoms with Crippen LogP contribution in [0.25, 0.3) is 0 Å². The lowest BCUT2D eigenvalue weighted by Gasteiger charge is -2.43. The summed E-state index contributed by atoms with van der Waals surface area (Å²) in [4.78, 5) is 32.0. The molecule has 2 heterocycles. The van der Waals surface area contributed by atoms with Crippen molar-refractivity contribution in [2.45, 2.75) is 52.1 Å². The molecular formula is C26H28N2O2S. The van der Waals surface area contributed by atoms with Gasteiger partial charge in [-0.15, -0.1) is 11.3 Å². The number of hydrogen-bond donors (Lipinski definition) is 0. The molecule has 5 heteroatoms. The van der Waals surface area contributed by atoms with Gasteiger partial charge in [0.25, 0.3) is 5.91 Å². The lowest BCUT2D eigenvalue weighted by Crippen LogP contribution is -2.47. The number of carbonyl (C=O) groups is 2. The van der Waals surface area contributed by atoms with E-state index in [2.05, 4.69) is 26.8 Å². The molecule has 4 nitrogen and oxygen atoms in total. The van der Waals surface area contributed by atoms with Gasteiger partial charge in [-0.3, -0.25) is 9.59 Å². The highest BCUT2D eigenvalue weighted by atomic mass is 32.1. The Morgan fingerprint density at radius 1 is 1.00 bits per heavy atom. The van der Waals surface area contributed by atoms with Crippen molar-refractivity contribution in [3.8, 4) is 0 Å². The first-order chi connectivity index (χ1) is 14.9. The highest BCUT2D eigenvalue weighted by Crippen LogP contribution is 2.43. The molecule has 2 amide bonds. The maximum atomic E-state index is 13.5. The van der Waals surface area contributed by atoms with E-state index in [4.69, 9.17) is 0 Å². The summed E-state index contributed by atoms with van der Waals surface area (Å²) >= 11 is 1.57. The number of rotatable bonds is 4. The average Bonchev–Trinajstić information content (AvgIpc) is 3.25. The summed E-state index contributed by atoms with van der Waals surface area (Å²) in [5, 5.41) is 0. The summed E-state index contributed by atoms with van der Waals surface area (Å²) in [5.41, 5.74) is 2.77. The van der Waals surface area contributed by atoms with E-state index >= 15 is 0 Å². The van der Waals surface area contributed by atoms with Crippen LogP contribution in [0.5, 0.6) is 0 Å². The van der Waals surface area contributed by atoms with Crippen molar-refractivity contribution in [3.05, 3.63) is 82.0 Å². The molecule has 0 fully saturated rings. The van der Waals surface area contributed by atoms with Crippen LogP contribution in [-0.2, 0) is 4.79 Å². The van der Waals surface area contributed by atoms with Crippen molar-refractivity contribution >= 4 is 34.5 Å². The zero-order chi connectivity index (χ0) is 22.1. The van der Waals surface area contributed by atoms with Gasteiger partial charge in [-0.05, 0) is 55.2 Å². The number of thiophene rings is 1. The zero-order valence-corrected chi connectivity index (χ0v) is 19.2. The summed E-state index contributed by atoms with van der Waals surface area (Å²) < 4.78 is 0. The molecule has 1 aliphatic heterocycles. The second kappa shape index (κ2) is 8.67. The minimum Gasteiger partial charge on any atom is -0.305 e. The first-order valence-electron chi connectivity index (χ1n) is 10.8. The normalized spacial score (nSPS) is 18.0. The fourth-order valence-electron chi connectivity index (χ4n) is 4.40. The highest BCUT2D eigenvalue weighted by molar-refractivity contribution is 7.14. The van der Waals surface area contributed by atoms with Crippen molar-refractivity contribution in [3.63, 3.8) is 0 Å². The molecule has 0 aliphatic carbocycles. The van der Waals surface area contributed by atoms with Gasteiger partial charge in [-0.2, -0.15) is 0 Å². The topological polar surface area (TPSA) is 40.6 Å². The van der Waals surface area contributed by atoms with Crippen molar-refractivity contribution in [1.82, 2.24) is 0 Å². The van der Waals surface area contributed by atoms with Crippen LogP contribution in [0.3, 0.4) is 0 Å². The van der Waals surface area contributed by atoms with Crippen LogP contribution in [0.15, 0.2) is 66.7 Å². The molecule has 1 aromatic heterocycles. The monoisotopic (exact) mass is 432 g/mol. The average molecular weight is 433 g/mol. The number of benzene rings is 2. The van der Waals surface area contributed by atoms with Gasteiger partial charge in [0, 0.05) is 29.2 Å². The summed E-state index contributed by atoms with van der Waals surface area (Å²) in [6, 6.07) is 21.6. The molecule has 0 unspecified atom stereocenters. The van der Waals surface area contributed by atoms with E-state index in [0.717, 1.165) is 21.8 Å². The van der Waals surface area contributed by atoms with Gasteiger partial charge in [0.2, 0.25) is 5.91 Å². The van der Waals surface area contributed by atoms with E-state index in [0.29, 0.717) is 12.3 Å². The van der Waals surface area contributed by atoms with Gasteiger partial charge in [0.05, 0.1) is 10.9 Å². The molecule has 0 bridgehead atoms. The second-order valence-corrected chi connectivity index (χ2v) is 9.53. The van der Waals surface area contributed by atoms with Crippen LogP contribution < -0.4 is 9.80 Å². The minimum absolute atomic E-state index is 0.00203. The lowest BCUT2D eigenvalue weighted by molar-refractivity contribution is -0.117.